The lowest BCUT2D eigenvalue weighted by Crippen LogP contribution is -2.30. The number of hydrogen-bond acceptors (Lipinski definition) is 14. The first-order valence-corrected chi connectivity index (χ1v) is 43.1. The zero-order valence-corrected chi connectivity index (χ0v) is 66.2. The van der Waals surface area contributed by atoms with Crippen LogP contribution in [0.3, 0.4) is 0 Å². The van der Waals surface area contributed by atoms with Gasteiger partial charge in [-0.1, -0.05) is 301 Å². The highest BCUT2D eigenvalue weighted by molar-refractivity contribution is 7.47. The van der Waals surface area contributed by atoms with Crippen LogP contribution in [-0.2, 0) is 55.8 Å². The summed E-state index contributed by atoms with van der Waals surface area (Å²) in [6.45, 7) is 2.38. The third-order valence-electron chi connectivity index (χ3n) is 16.5. The number of hydrogen-bond donors (Lipinski definition) is 4. The van der Waals surface area contributed by atoms with E-state index in [2.05, 4.69) is 167 Å². The van der Waals surface area contributed by atoms with E-state index in [9.17, 15) is 43.5 Å². The van der Waals surface area contributed by atoms with E-state index in [4.69, 9.17) is 32.3 Å². The molecule has 0 aliphatic rings. The van der Waals surface area contributed by atoms with Crippen molar-refractivity contribution in [3.05, 3.63) is 146 Å². The highest BCUT2D eigenvalue weighted by atomic mass is 31.2. The number of unbranched alkanes of at least 4 members (excludes halogenated alkanes) is 28. The molecule has 0 aliphatic heterocycles. The number of phosphoric acid groups is 2. The first-order chi connectivity index (χ1) is 50.2. The van der Waals surface area contributed by atoms with Crippen LogP contribution in [0.25, 0.3) is 0 Å². The van der Waals surface area contributed by atoms with E-state index < -0.39 is 91.5 Å². The summed E-state index contributed by atoms with van der Waals surface area (Å²) in [5.41, 5.74) is 0. The Kier molecular flexibility index (Phi) is 73.6. The van der Waals surface area contributed by atoms with Crippen LogP contribution in [0.2, 0.25) is 0 Å². The average molecular weight is 1480 g/mol. The molecule has 0 radical (unpaired) electrons. The van der Waals surface area contributed by atoms with Crippen molar-refractivity contribution in [1.29, 1.82) is 0 Å². The summed E-state index contributed by atoms with van der Waals surface area (Å²) in [5.74, 6) is -1.62. The number of ether oxygens (including phenoxy) is 3. The van der Waals surface area contributed by atoms with Gasteiger partial charge in [-0.2, -0.15) is 0 Å². The second-order valence-corrected chi connectivity index (χ2v) is 29.4. The lowest BCUT2D eigenvalue weighted by molar-refractivity contribution is -0.161. The zero-order valence-electron chi connectivity index (χ0n) is 64.4. The molecule has 0 heterocycles. The van der Waals surface area contributed by atoms with Crippen molar-refractivity contribution in [2.45, 2.75) is 334 Å². The molecule has 5 atom stereocenters. The van der Waals surface area contributed by atoms with E-state index >= 15 is 0 Å². The van der Waals surface area contributed by atoms with Gasteiger partial charge >= 0.3 is 33.6 Å². The predicted molar refractivity (Wildman–Crippen MR) is 426 cm³/mol. The van der Waals surface area contributed by atoms with Crippen molar-refractivity contribution >= 4 is 33.6 Å². The van der Waals surface area contributed by atoms with Crippen molar-refractivity contribution in [1.82, 2.24) is 0 Å². The van der Waals surface area contributed by atoms with Gasteiger partial charge in [0, 0.05) is 19.3 Å². The minimum atomic E-state index is -4.94. The average Bonchev–Trinajstić information content (AvgIpc) is 0.915. The van der Waals surface area contributed by atoms with E-state index in [1.807, 2.05) is 0 Å². The summed E-state index contributed by atoms with van der Waals surface area (Å²) in [6.07, 6.45) is 94.9. The maximum absolute atomic E-state index is 12.9. The number of aliphatic hydroxyl groups excluding tert-OH is 2. The summed E-state index contributed by atoms with van der Waals surface area (Å²) in [5, 5.41) is 20.6. The molecule has 0 aromatic heterocycles. The molecule has 0 aromatic rings. The van der Waals surface area contributed by atoms with Crippen LogP contribution in [0.5, 0.6) is 0 Å². The monoisotopic (exact) mass is 1480 g/mol. The van der Waals surface area contributed by atoms with Gasteiger partial charge < -0.3 is 34.2 Å². The summed E-state index contributed by atoms with van der Waals surface area (Å²) in [6, 6.07) is 0. The molecule has 0 spiro atoms. The predicted octanol–water partition coefficient (Wildman–Crippen LogP) is 23.7. The van der Waals surface area contributed by atoms with Gasteiger partial charge in [0.05, 0.1) is 26.4 Å². The van der Waals surface area contributed by atoms with Crippen LogP contribution in [0, 0.1) is 0 Å². The molecule has 590 valence electrons. The lowest BCUT2D eigenvalue weighted by Gasteiger charge is -2.21. The van der Waals surface area contributed by atoms with E-state index in [-0.39, 0.29) is 19.3 Å². The van der Waals surface area contributed by atoms with Crippen molar-refractivity contribution in [2.75, 3.05) is 39.6 Å². The van der Waals surface area contributed by atoms with Gasteiger partial charge in [0.15, 0.2) is 6.10 Å². The Morgan fingerprint density at radius 3 is 0.816 bits per heavy atom. The Balaban J connectivity index is 4.41. The fraction of sp³-hybridized carbons (Fsp3) is 0.682. The van der Waals surface area contributed by atoms with E-state index in [0.29, 0.717) is 19.3 Å². The topological polar surface area (TPSA) is 231 Å². The highest BCUT2D eigenvalue weighted by Crippen LogP contribution is 2.45. The molecule has 0 fully saturated rings. The molecule has 4 N–H and O–H groups in total. The van der Waals surface area contributed by atoms with E-state index in [0.717, 1.165) is 154 Å². The highest BCUT2D eigenvalue weighted by Gasteiger charge is 2.29. The maximum atomic E-state index is 12.9. The molecular formula is C85H144O16P2. The summed E-state index contributed by atoms with van der Waals surface area (Å²) < 4.78 is 61.1. The lowest BCUT2D eigenvalue weighted by atomic mass is 10.0. The molecule has 103 heavy (non-hydrogen) atoms. The quantitative estimate of drug-likeness (QED) is 0.0146. The number of phosphoric ester groups is 2. The van der Waals surface area contributed by atoms with Crippen LogP contribution < -0.4 is 0 Å². The molecule has 0 bridgehead atoms. The summed E-state index contributed by atoms with van der Waals surface area (Å²) in [4.78, 5) is 58.6. The summed E-state index contributed by atoms with van der Waals surface area (Å²) in [7, 11) is -9.80. The van der Waals surface area contributed by atoms with Gasteiger partial charge in [-0.15, -0.1) is 0 Å². The molecule has 0 aromatic carbocycles. The fourth-order valence-corrected chi connectivity index (χ4v) is 12.1. The second kappa shape index (κ2) is 77.1. The van der Waals surface area contributed by atoms with Crippen molar-refractivity contribution in [3.8, 4) is 0 Å². The Bertz CT molecular complexity index is 2450. The minimum Gasteiger partial charge on any atom is -0.463 e. The second-order valence-electron chi connectivity index (χ2n) is 26.5. The number of aliphatic hydroxyl groups is 2. The standard InChI is InChI=1S/C85H144O16P2/c1-4-7-10-13-16-19-22-25-28-30-31-32-33-34-35-36-37-38-39-40-41-42-43-44-45-46-47-49-52-53-56-59-62-65-68-71-83(88)95-74-80(86)75-97-102(91,92)98-76-81(87)77-99-103(93,94)100-79-82(101-85(90)73-70-67-64-61-58-55-50-27-24-21-18-15-12-9-6-3)78-96-84(89)72-69-66-63-60-57-54-51-48-29-26-23-20-17-14-11-8-5-2/h7-8,10-11,16-21,25-29,31-32,34-35,37-38,50-51,54,80-82,86-87H,4-6,9,12-15,22-24,30,33,36,39-49,52-53,55-79H2,1-3H3,(H,91,92)(H,93,94)/b10-7-,11-8-,19-16-,20-17-,21-18-,28-25-,29-26-,32-31-,35-34-,38-37-,50-27-,54-51-. The molecule has 16 nitrogen and oxygen atoms in total. The largest absolute Gasteiger partial charge is 0.472 e. The molecule has 0 aliphatic carbocycles. The normalized spacial score (nSPS) is 14.7. The fourth-order valence-electron chi connectivity index (χ4n) is 10.5. The SMILES string of the molecule is CC/C=C\C/C=C\C/C=C\C/C=C\C/C=C\C/C=C\CCCCCCCCCCCCCCCCCCC(=O)OCC(O)COP(=O)(O)OCC(O)COP(=O)(O)OCC(COC(=O)CCCCCC/C=C\C/C=C\C/C=C\C/C=C\CC)OC(=O)CCCCCCC/C=C\C/C=C\CCCCC. The van der Waals surface area contributed by atoms with Gasteiger partial charge in [-0.3, -0.25) is 32.5 Å². The van der Waals surface area contributed by atoms with Crippen LogP contribution in [0.15, 0.2) is 146 Å². The number of allylic oxidation sites excluding steroid dienone is 24. The zero-order chi connectivity index (χ0) is 75.2. The molecule has 5 unspecified atom stereocenters. The van der Waals surface area contributed by atoms with Crippen LogP contribution >= 0.6 is 15.6 Å². The first-order valence-electron chi connectivity index (χ1n) is 40.1. The van der Waals surface area contributed by atoms with Crippen LogP contribution in [-0.4, -0.2) is 95.9 Å². The number of carbonyl (C=O) groups is 3. The summed E-state index contributed by atoms with van der Waals surface area (Å²) >= 11 is 0. The molecule has 0 saturated heterocycles. The molecule has 0 amide bonds. The maximum Gasteiger partial charge on any atom is 0.472 e. The van der Waals surface area contributed by atoms with Gasteiger partial charge in [0.2, 0.25) is 0 Å². The van der Waals surface area contributed by atoms with Gasteiger partial charge in [0.25, 0.3) is 0 Å². The Labute approximate surface area is 626 Å². The smallest absolute Gasteiger partial charge is 0.463 e. The number of rotatable bonds is 75. The Morgan fingerprint density at radius 2 is 0.515 bits per heavy atom. The van der Waals surface area contributed by atoms with Crippen molar-refractivity contribution in [3.63, 3.8) is 0 Å². The molecule has 18 heteroatoms. The van der Waals surface area contributed by atoms with E-state index in [1.54, 1.807) is 0 Å². The Morgan fingerprint density at radius 1 is 0.282 bits per heavy atom. The third kappa shape index (κ3) is 78.3. The van der Waals surface area contributed by atoms with Crippen LogP contribution in [0.4, 0.5) is 0 Å². The first kappa shape index (κ1) is 98.4. The van der Waals surface area contributed by atoms with Gasteiger partial charge in [-0.25, -0.2) is 9.13 Å². The van der Waals surface area contributed by atoms with Crippen molar-refractivity contribution < 1.29 is 75.8 Å². The van der Waals surface area contributed by atoms with Gasteiger partial charge in [0.1, 0.15) is 25.4 Å². The molecule has 0 saturated carbocycles. The number of carbonyl (C=O) groups excluding carboxylic acids is 3. The van der Waals surface area contributed by atoms with Crippen LogP contribution in [0.1, 0.15) is 316 Å². The molecular weight excluding hydrogens is 1340 g/mol. The number of esters is 3. The minimum absolute atomic E-state index is 0.0804. The van der Waals surface area contributed by atoms with Crippen molar-refractivity contribution in [2.24, 2.45) is 0 Å². The van der Waals surface area contributed by atoms with E-state index in [1.165, 1.54) is 103 Å². The molecule has 0 rings (SSSR count). The van der Waals surface area contributed by atoms with Gasteiger partial charge in [-0.05, 0) is 141 Å². The third-order valence-corrected chi connectivity index (χ3v) is 18.4. The Hall–Kier alpha value is -4.57.